The molecule has 0 saturated heterocycles. The molecule has 0 fully saturated rings. The molecule has 1 atom stereocenters. The Morgan fingerprint density at radius 2 is 2.10 bits per heavy atom. The van der Waals surface area contributed by atoms with E-state index in [0.29, 0.717) is 28.6 Å². The number of fused-ring (bicyclic) bond motifs is 1. The van der Waals surface area contributed by atoms with Gasteiger partial charge in [-0.2, -0.15) is 10.4 Å². The first-order valence-electron chi connectivity index (χ1n) is 10.4. The van der Waals surface area contributed by atoms with Gasteiger partial charge in [-0.05, 0) is 69.8 Å². The summed E-state index contributed by atoms with van der Waals surface area (Å²) in [7, 11) is 0. The molecule has 1 N–H and O–H groups in total. The van der Waals surface area contributed by atoms with Gasteiger partial charge in [-0.1, -0.05) is 32.9 Å². The van der Waals surface area contributed by atoms with Crippen LogP contribution in [-0.2, 0) is 19.4 Å². The van der Waals surface area contributed by atoms with E-state index in [0.717, 1.165) is 34.9 Å². The summed E-state index contributed by atoms with van der Waals surface area (Å²) < 4.78 is 2.77. The van der Waals surface area contributed by atoms with Crippen molar-refractivity contribution in [2.75, 3.05) is 5.32 Å². The van der Waals surface area contributed by atoms with Crippen LogP contribution in [0.2, 0.25) is 0 Å². The Kier molecular flexibility index (Phi) is 6.05. The van der Waals surface area contributed by atoms with E-state index in [2.05, 4.69) is 53.2 Å². The number of nitrogens with zero attached hydrogens (tertiary/aromatic N) is 3. The molecular weight excluding hydrogens is 472 g/mol. The minimum atomic E-state index is -0.184. The van der Waals surface area contributed by atoms with Crippen LogP contribution in [0.25, 0.3) is 0 Å². The molecule has 0 unspecified atom stereocenters. The molecule has 0 bridgehead atoms. The average molecular weight is 497 g/mol. The molecule has 0 saturated carbocycles. The molecular formula is C24H25BrN4OS. The van der Waals surface area contributed by atoms with E-state index >= 15 is 0 Å². The molecule has 5 nitrogen and oxygen atoms in total. The van der Waals surface area contributed by atoms with Gasteiger partial charge < -0.3 is 5.32 Å². The lowest BCUT2D eigenvalue weighted by Crippen LogP contribution is -2.26. The summed E-state index contributed by atoms with van der Waals surface area (Å²) in [5.41, 5.74) is 3.65. The number of thiophene rings is 1. The molecule has 2 aromatic heterocycles. The van der Waals surface area contributed by atoms with Crippen LogP contribution in [0, 0.1) is 22.7 Å². The molecule has 1 amide bonds. The lowest BCUT2D eigenvalue weighted by molar-refractivity contribution is 0.102. The van der Waals surface area contributed by atoms with Crippen molar-refractivity contribution in [3.8, 4) is 6.07 Å². The van der Waals surface area contributed by atoms with Gasteiger partial charge in [0.05, 0.1) is 22.8 Å². The Morgan fingerprint density at radius 1 is 1.35 bits per heavy atom. The van der Waals surface area contributed by atoms with Crippen LogP contribution in [0.15, 0.2) is 41.1 Å². The highest BCUT2D eigenvalue weighted by Crippen LogP contribution is 2.44. The summed E-state index contributed by atoms with van der Waals surface area (Å²) in [6.45, 7) is 7.47. The van der Waals surface area contributed by atoms with Gasteiger partial charge in [0, 0.05) is 16.6 Å². The number of anilines is 1. The summed E-state index contributed by atoms with van der Waals surface area (Å²) in [5.74, 6) is 0.410. The van der Waals surface area contributed by atoms with Crippen molar-refractivity contribution in [2.24, 2.45) is 11.3 Å². The third kappa shape index (κ3) is 4.76. The number of carbonyl (C=O) groups excluding carboxylic acids is 1. The number of rotatable bonds is 4. The molecule has 31 heavy (non-hydrogen) atoms. The fraction of sp³-hybridized carbons (Fsp3) is 0.375. The van der Waals surface area contributed by atoms with Crippen molar-refractivity contribution >= 4 is 38.2 Å². The van der Waals surface area contributed by atoms with Crippen molar-refractivity contribution in [3.05, 3.63) is 68.3 Å². The van der Waals surface area contributed by atoms with E-state index in [1.165, 1.54) is 4.88 Å². The molecule has 0 spiro atoms. The lowest BCUT2D eigenvalue weighted by atomic mass is 9.72. The number of nitriles is 1. The van der Waals surface area contributed by atoms with Crippen molar-refractivity contribution in [1.29, 1.82) is 5.26 Å². The van der Waals surface area contributed by atoms with Crippen molar-refractivity contribution in [2.45, 2.75) is 46.6 Å². The van der Waals surface area contributed by atoms with E-state index in [1.54, 1.807) is 17.5 Å². The van der Waals surface area contributed by atoms with E-state index in [1.807, 2.05) is 35.1 Å². The van der Waals surface area contributed by atoms with Gasteiger partial charge >= 0.3 is 0 Å². The van der Waals surface area contributed by atoms with Gasteiger partial charge in [-0.15, -0.1) is 11.3 Å². The highest BCUT2D eigenvalue weighted by atomic mass is 79.9. The molecule has 7 heteroatoms. The van der Waals surface area contributed by atoms with E-state index < -0.39 is 0 Å². The van der Waals surface area contributed by atoms with Crippen LogP contribution in [-0.4, -0.2) is 15.7 Å². The zero-order chi connectivity index (χ0) is 22.2. The van der Waals surface area contributed by atoms with Crippen molar-refractivity contribution < 1.29 is 4.79 Å². The molecule has 0 aliphatic heterocycles. The van der Waals surface area contributed by atoms with Crippen LogP contribution >= 0.6 is 27.3 Å². The maximum atomic E-state index is 12.9. The first-order chi connectivity index (χ1) is 14.7. The second-order valence-electron chi connectivity index (χ2n) is 9.13. The second kappa shape index (κ2) is 8.60. The summed E-state index contributed by atoms with van der Waals surface area (Å²) in [4.78, 5) is 14.1. The fourth-order valence-electron chi connectivity index (χ4n) is 4.08. The van der Waals surface area contributed by atoms with Gasteiger partial charge in [-0.25, -0.2) is 0 Å². The smallest absolute Gasteiger partial charge is 0.256 e. The Hall–Kier alpha value is -2.43. The molecule has 0 radical (unpaired) electrons. The Balaban J connectivity index is 1.49. The maximum absolute atomic E-state index is 12.9. The SMILES string of the molecule is CC(C)(C)[C@@H]1CCc2c(sc(NC(=O)c3ccc(Cn4cc(Br)cn4)cc3)c2C#N)C1. The summed E-state index contributed by atoms with van der Waals surface area (Å²) in [6.07, 6.45) is 6.63. The fourth-order valence-corrected chi connectivity index (χ4v) is 5.68. The molecule has 3 aromatic rings. The lowest BCUT2D eigenvalue weighted by Gasteiger charge is -2.33. The number of aromatic nitrogens is 2. The van der Waals surface area contributed by atoms with Crippen LogP contribution in [0.3, 0.4) is 0 Å². The normalized spacial score (nSPS) is 15.9. The number of carbonyl (C=O) groups is 1. The van der Waals surface area contributed by atoms with Gasteiger partial charge in [0.25, 0.3) is 5.91 Å². The molecule has 4 rings (SSSR count). The third-order valence-corrected chi connectivity index (χ3v) is 7.57. The zero-order valence-corrected chi connectivity index (χ0v) is 20.3. The quantitative estimate of drug-likeness (QED) is 0.479. The molecule has 1 aliphatic carbocycles. The summed E-state index contributed by atoms with van der Waals surface area (Å²) in [6, 6.07) is 9.84. The number of amides is 1. The van der Waals surface area contributed by atoms with Gasteiger partial charge in [0.2, 0.25) is 0 Å². The maximum Gasteiger partial charge on any atom is 0.256 e. The van der Waals surface area contributed by atoms with E-state index in [-0.39, 0.29) is 11.3 Å². The molecule has 1 aromatic carbocycles. The largest absolute Gasteiger partial charge is 0.312 e. The minimum absolute atomic E-state index is 0.184. The predicted molar refractivity (Wildman–Crippen MR) is 127 cm³/mol. The predicted octanol–water partition coefficient (Wildman–Crippen LogP) is 6.03. The van der Waals surface area contributed by atoms with Crippen LogP contribution in [0.4, 0.5) is 5.00 Å². The number of nitrogens with one attached hydrogen (secondary N) is 1. The van der Waals surface area contributed by atoms with Gasteiger partial charge in [-0.3, -0.25) is 9.48 Å². The molecule has 160 valence electrons. The first-order valence-corrected chi connectivity index (χ1v) is 12.0. The topological polar surface area (TPSA) is 70.7 Å². The van der Waals surface area contributed by atoms with Crippen molar-refractivity contribution in [1.82, 2.24) is 9.78 Å². The Morgan fingerprint density at radius 3 is 2.71 bits per heavy atom. The monoisotopic (exact) mass is 496 g/mol. The Bertz CT molecular complexity index is 1150. The third-order valence-electron chi connectivity index (χ3n) is 5.99. The zero-order valence-electron chi connectivity index (χ0n) is 17.9. The highest BCUT2D eigenvalue weighted by molar-refractivity contribution is 9.10. The van der Waals surface area contributed by atoms with E-state index in [9.17, 15) is 10.1 Å². The molecule has 2 heterocycles. The first kappa shape index (κ1) is 21.8. The minimum Gasteiger partial charge on any atom is -0.312 e. The van der Waals surface area contributed by atoms with Crippen LogP contribution in [0.5, 0.6) is 0 Å². The van der Waals surface area contributed by atoms with Gasteiger partial charge in [0.1, 0.15) is 11.1 Å². The average Bonchev–Trinajstić information content (AvgIpc) is 3.29. The standard InChI is InChI=1S/C24H25BrN4OS/c1-24(2,3)17-8-9-19-20(11-26)23(31-21(19)10-17)28-22(30)16-6-4-15(5-7-16)13-29-14-18(25)12-27-29/h4-7,12,14,17H,8-10,13H2,1-3H3,(H,28,30)/t17-/m1/s1. The second-order valence-corrected chi connectivity index (χ2v) is 11.2. The Labute approximate surface area is 195 Å². The van der Waals surface area contributed by atoms with Crippen LogP contribution < -0.4 is 5.32 Å². The van der Waals surface area contributed by atoms with E-state index in [4.69, 9.17) is 0 Å². The van der Waals surface area contributed by atoms with Gasteiger partial charge in [0.15, 0.2) is 0 Å². The number of hydrogen-bond acceptors (Lipinski definition) is 4. The van der Waals surface area contributed by atoms with Crippen molar-refractivity contribution in [3.63, 3.8) is 0 Å². The highest BCUT2D eigenvalue weighted by Gasteiger charge is 2.32. The summed E-state index contributed by atoms with van der Waals surface area (Å²) >= 11 is 4.96. The number of halogens is 1. The summed E-state index contributed by atoms with van der Waals surface area (Å²) in [5, 5.41) is 17.7. The molecule has 1 aliphatic rings. The number of benzene rings is 1. The number of hydrogen-bond donors (Lipinski definition) is 1. The van der Waals surface area contributed by atoms with Crippen LogP contribution in [0.1, 0.15) is 59.1 Å².